The summed E-state index contributed by atoms with van der Waals surface area (Å²) in [5.41, 5.74) is 12.3. The summed E-state index contributed by atoms with van der Waals surface area (Å²) in [5.74, 6) is 2.19. The highest BCUT2D eigenvalue weighted by Crippen LogP contribution is 2.50. The maximum absolute atomic E-state index is 6.57. The number of benzene rings is 7. The van der Waals surface area contributed by atoms with Crippen LogP contribution < -0.4 is 0 Å². The summed E-state index contributed by atoms with van der Waals surface area (Å²) in [4.78, 5) is 20.9. The maximum Gasteiger partial charge on any atom is 0.238 e. The van der Waals surface area contributed by atoms with Crippen molar-refractivity contribution >= 4 is 54.7 Å². The third-order valence-corrected chi connectivity index (χ3v) is 13.1. The van der Waals surface area contributed by atoms with E-state index < -0.39 is 0 Å². The monoisotopic (exact) mass is 790 g/mol. The molecule has 0 spiro atoms. The largest absolute Gasteiger partial charge is 0.435 e. The molecule has 4 aromatic heterocycles. The predicted molar refractivity (Wildman–Crippen MR) is 248 cm³/mol. The van der Waals surface area contributed by atoms with Crippen LogP contribution in [0, 0.1) is 0 Å². The number of hydrogen-bond donors (Lipinski definition) is 0. The van der Waals surface area contributed by atoms with Crippen LogP contribution in [-0.2, 0) is 10.8 Å². The van der Waals surface area contributed by atoms with Crippen molar-refractivity contribution in [2.75, 3.05) is 0 Å². The first kappa shape index (κ1) is 35.6. The Bertz CT molecular complexity index is 3520. The third-order valence-electron chi connectivity index (χ3n) is 13.1. The average molecular weight is 791 g/mol. The second-order valence-electron chi connectivity index (χ2n) is 17.7. The van der Waals surface area contributed by atoms with Crippen LogP contribution in [0.4, 0.5) is 0 Å². The van der Waals surface area contributed by atoms with Gasteiger partial charge in [0.2, 0.25) is 11.8 Å². The topological polar surface area (TPSA) is 74.6 Å². The maximum atomic E-state index is 6.57. The molecule has 0 saturated carbocycles. The second-order valence-corrected chi connectivity index (χ2v) is 17.7. The lowest BCUT2D eigenvalue weighted by molar-refractivity contribution is 0.332. The SMILES string of the molecule is CC1(C)CCC(C)(C)c2cc3c(cc21)c1c2c4ccccc4n(-c4ccccc4)c2ccc1n3-c1nc(-c2ccccc2)nc(-c2cccc3nc(-c4ccccc4)oc23)n1. The van der Waals surface area contributed by atoms with Gasteiger partial charge in [-0.15, -0.1) is 0 Å². The molecule has 7 heteroatoms. The lowest BCUT2D eigenvalue weighted by Gasteiger charge is -2.42. The molecule has 0 atom stereocenters. The summed E-state index contributed by atoms with van der Waals surface area (Å²) in [7, 11) is 0. The molecule has 0 bridgehead atoms. The number of aromatic nitrogens is 6. The van der Waals surface area contributed by atoms with Crippen molar-refractivity contribution in [3.8, 4) is 45.9 Å². The molecule has 11 aromatic rings. The first-order chi connectivity index (χ1) is 29.7. The molecule has 1 aliphatic rings. The minimum absolute atomic E-state index is 0.00851. The van der Waals surface area contributed by atoms with Gasteiger partial charge in [-0.05, 0) is 102 Å². The molecule has 1 aliphatic carbocycles. The van der Waals surface area contributed by atoms with Crippen LogP contribution in [0.15, 0.2) is 162 Å². The number of fused-ring (bicyclic) bond motifs is 9. The molecule has 0 radical (unpaired) electrons. The van der Waals surface area contributed by atoms with Gasteiger partial charge in [-0.25, -0.2) is 9.97 Å². The van der Waals surface area contributed by atoms with Crippen molar-refractivity contribution in [3.63, 3.8) is 0 Å². The molecule has 7 aromatic carbocycles. The van der Waals surface area contributed by atoms with Gasteiger partial charge in [-0.2, -0.15) is 9.97 Å². The van der Waals surface area contributed by atoms with Gasteiger partial charge in [0.15, 0.2) is 17.2 Å². The molecule has 0 N–H and O–H groups in total. The van der Waals surface area contributed by atoms with Gasteiger partial charge in [0.05, 0.1) is 27.6 Å². The van der Waals surface area contributed by atoms with E-state index in [1.807, 2.05) is 66.7 Å². The van der Waals surface area contributed by atoms with Gasteiger partial charge in [0.25, 0.3) is 0 Å². The summed E-state index contributed by atoms with van der Waals surface area (Å²) in [6, 6.07) is 55.1. The quantitative estimate of drug-likeness (QED) is 0.174. The van der Waals surface area contributed by atoms with Crippen LogP contribution in [0.25, 0.3) is 101 Å². The fraction of sp³-hybridized carbons (Fsp3) is 0.148. The highest BCUT2D eigenvalue weighted by Gasteiger charge is 2.38. The minimum Gasteiger partial charge on any atom is -0.435 e. The van der Waals surface area contributed by atoms with E-state index in [-0.39, 0.29) is 10.8 Å². The smallest absolute Gasteiger partial charge is 0.238 e. The molecular formula is C54H42N6O. The lowest BCUT2D eigenvalue weighted by atomic mass is 9.63. The molecule has 0 unspecified atom stereocenters. The van der Waals surface area contributed by atoms with Crippen molar-refractivity contribution in [2.24, 2.45) is 0 Å². The van der Waals surface area contributed by atoms with E-state index >= 15 is 0 Å². The molecule has 0 fully saturated rings. The summed E-state index contributed by atoms with van der Waals surface area (Å²) >= 11 is 0. The van der Waals surface area contributed by atoms with E-state index in [4.69, 9.17) is 24.4 Å². The Morgan fingerprint density at radius 1 is 0.475 bits per heavy atom. The van der Waals surface area contributed by atoms with E-state index in [0.717, 1.165) is 57.3 Å². The predicted octanol–water partition coefficient (Wildman–Crippen LogP) is 13.6. The van der Waals surface area contributed by atoms with Crippen LogP contribution in [-0.4, -0.2) is 29.1 Å². The fourth-order valence-electron chi connectivity index (χ4n) is 9.83. The van der Waals surface area contributed by atoms with Gasteiger partial charge in [-0.1, -0.05) is 119 Å². The Kier molecular flexibility index (Phi) is 7.61. The highest BCUT2D eigenvalue weighted by molar-refractivity contribution is 6.29. The van der Waals surface area contributed by atoms with Crippen LogP contribution in [0.3, 0.4) is 0 Å². The normalized spacial score (nSPS) is 14.7. The van der Waals surface area contributed by atoms with E-state index in [1.165, 1.54) is 38.2 Å². The van der Waals surface area contributed by atoms with Crippen LogP contribution in [0.5, 0.6) is 0 Å². The fourth-order valence-corrected chi connectivity index (χ4v) is 9.83. The standard InChI is InChI=1S/C54H42N6O/c1-53(2)29-30-54(3,4)40-32-45-38(31-39(40)53)47-44(28-27-43-46(47)36-23-14-15-26-42(36)59(43)35-21-12-7-13-22-35)60(45)52-57-49(33-17-8-5-9-18-33)56-50(58-52)37-24-16-25-41-48(37)61-51(55-41)34-19-10-6-11-20-34/h5-28,31-32H,29-30H2,1-4H3. The van der Waals surface area contributed by atoms with Crippen LogP contribution in [0.1, 0.15) is 51.7 Å². The van der Waals surface area contributed by atoms with Crippen molar-refractivity contribution < 1.29 is 4.42 Å². The van der Waals surface area contributed by atoms with E-state index in [2.05, 4.69) is 128 Å². The molecule has 294 valence electrons. The lowest BCUT2D eigenvalue weighted by Crippen LogP contribution is -2.33. The van der Waals surface area contributed by atoms with Crippen molar-refractivity contribution in [1.29, 1.82) is 0 Å². The van der Waals surface area contributed by atoms with Gasteiger partial charge in [0, 0.05) is 38.4 Å². The molecule has 4 heterocycles. The van der Waals surface area contributed by atoms with Gasteiger partial charge < -0.3 is 8.98 Å². The molecule has 7 nitrogen and oxygen atoms in total. The molecule has 0 amide bonds. The van der Waals surface area contributed by atoms with Crippen LogP contribution >= 0.6 is 0 Å². The van der Waals surface area contributed by atoms with Gasteiger partial charge >= 0.3 is 0 Å². The number of rotatable bonds is 5. The highest BCUT2D eigenvalue weighted by atomic mass is 16.3. The zero-order valence-corrected chi connectivity index (χ0v) is 34.5. The zero-order chi connectivity index (χ0) is 41.0. The molecule has 0 saturated heterocycles. The summed E-state index contributed by atoms with van der Waals surface area (Å²) in [6.07, 6.45) is 2.23. The van der Waals surface area contributed by atoms with Gasteiger partial charge in [0.1, 0.15) is 5.52 Å². The number of para-hydroxylation sites is 3. The van der Waals surface area contributed by atoms with E-state index in [1.54, 1.807) is 0 Å². The Morgan fingerprint density at radius 3 is 1.82 bits per heavy atom. The summed E-state index contributed by atoms with van der Waals surface area (Å²) in [6.45, 7) is 9.59. The van der Waals surface area contributed by atoms with Crippen molar-refractivity contribution in [1.82, 2.24) is 29.1 Å². The number of nitrogens with zero attached hydrogens (tertiary/aromatic N) is 6. The average Bonchev–Trinajstić information content (AvgIpc) is 3.98. The Labute approximate surface area is 353 Å². The van der Waals surface area contributed by atoms with Crippen molar-refractivity contribution in [3.05, 3.63) is 169 Å². The summed E-state index contributed by atoms with van der Waals surface area (Å²) in [5, 5.41) is 4.80. The number of oxazole rings is 1. The van der Waals surface area contributed by atoms with Crippen LogP contribution in [0.2, 0.25) is 0 Å². The Morgan fingerprint density at radius 2 is 1.08 bits per heavy atom. The van der Waals surface area contributed by atoms with E-state index in [0.29, 0.717) is 29.1 Å². The van der Waals surface area contributed by atoms with Gasteiger partial charge in [-0.3, -0.25) is 4.57 Å². The Hall–Kier alpha value is -7.38. The first-order valence-corrected chi connectivity index (χ1v) is 21.1. The Balaban J connectivity index is 1.21. The molecule has 0 aliphatic heterocycles. The zero-order valence-electron chi connectivity index (χ0n) is 34.5. The second kappa shape index (κ2) is 13.1. The van der Waals surface area contributed by atoms with Crippen molar-refractivity contribution in [2.45, 2.75) is 51.4 Å². The van der Waals surface area contributed by atoms with E-state index in [9.17, 15) is 0 Å². The first-order valence-electron chi connectivity index (χ1n) is 21.1. The summed E-state index contributed by atoms with van der Waals surface area (Å²) < 4.78 is 11.2. The minimum atomic E-state index is -0.0170. The number of hydrogen-bond acceptors (Lipinski definition) is 5. The molecular weight excluding hydrogens is 749 g/mol. The molecule has 61 heavy (non-hydrogen) atoms. The third kappa shape index (κ3) is 5.43. The molecule has 12 rings (SSSR count).